The van der Waals surface area contributed by atoms with Crippen LogP contribution >= 0.6 is 0 Å². The SMILES string of the molecule is COc1ccc([C@H]2C3=C(CC(C)(C)CC3=O)Nc3nc(-c4ccccc4)[nH]c(=O)c32)cc1. The van der Waals surface area contributed by atoms with Crippen LogP contribution in [0.15, 0.2) is 70.7 Å². The van der Waals surface area contributed by atoms with E-state index >= 15 is 0 Å². The Labute approximate surface area is 186 Å². The van der Waals surface area contributed by atoms with Crippen molar-refractivity contribution in [2.75, 3.05) is 12.4 Å². The molecule has 0 spiro atoms. The average Bonchev–Trinajstić information content (AvgIpc) is 2.77. The molecule has 3 aromatic rings. The summed E-state index contributed by atoms with van der Waals surface area (Å²) in [5.74, 6) is 1.33. The minimum atomic E-state index is -0.475. The molecular formula is C26H25N3O3. The molecule has 2 N–H and O–H groups in total. The zero-order valence-electron chi connectivity index (χ0n) is 18.4. The number of anilines is 1. The van der Waals surface area contributed by atoms with Gasteiger partial charge in [-0.1, -0.05) is 56.3 Å². The van der Waals surface area contributed by atoms with Gasteiger partial charge in [-0.2, -0.15) is 0 Å². The summed E-state index contributed by atoms with van der Waals surface area (Å²) in [7, 11) is 1.61. The number of hydrogen-bond acceptors (Lipinski definition) is 5. The first-order chi connectivity index (χ1) is 15.4. The van der Waals surface area contributed by atoms with E-state index in [-0.39, 0.29) is 16.8 Å². The van der Waals surface area contributed by atoms with E-state index in [4.69, 9.17) is 9.72 Å². The monoisotopic (exact) mass is 427 g/mol. The fraction of sp³-hybridized carbons (Fsp3) is 0.269. The van der Waals surface area contributed by atoms with Gasteiger partial charge in [0.15, 0.2) is 5.78 Å². The molecule has 32 heavy (non-hydrogen) atoms. The minimum absolute atomic E-state index is 0.0711. The number of rotatable bonds is 3. The molecule has 6 nitrogen and oxygen atoms in total. The maximum Gasteiger partial charge on any atom is 0.257 e. The predicted molar refractivity (Wildman–Crippen MR) is 124 cm³/mol. The molecule has 1 aromatic heterocycles. The van der Waals surface area contributed by atoms with Gasteiger partial charge in [-0.05, 0) is 29.5 Å². The lowest BCUT2D eigenvalue weighted by atomic mass is 9.69. The smallest absolute Gasteiger partial charge is 0.257 e. The summed E-state index contributed by atoms with van der Waals surface area (Å²) in [6.45, 7) is 4.18. The molecule has 2 heterocycles. The molecular weight excluding hydrogens is 402 g/mol. The molecule has 1 aliphatic carbocycles. The van der Waals surface area contributed by atoms with E-state index in [0.717, 1.165) is 29.0 Å². The van der Waals surface area contributed by atoms with E-state index in [9.17, 15) is 9.59 Å². The lowest BCUT2D eigenvalue weighted by molar-refractivity contribution is -0.118. The minimum Gasteiger partial charge on any atom is -0.497 e. The van der Waals surface area contributed by atoms with Crippen LogP contribution in [0, 0.1) is 5.41 Å². The van der Waals surface area contributed by atoms with Gasteiger partial charge >= 0.3 is 0 Å². The lowest BCUT2D eigenvalue weighted by Gasteiger charge is -2.38. The number of carbonyl (C=O) groups excluding carboxylic acids is 1. The highest BCUT2D eigenvalue weighted by atomic mass is 16.5. The summed E-state index contributed by atoms with van der Waals surface area (Å²) >= 11 is 0. The van der Waals surface area contributed by atoms with Crippen LogP contribution in [0.5, 0.6) is 5.75 Å². The summed E-state index contributed by atoms with van der Waals surface area (Å²) in [6, 6.07) is 17.1. The molecule has 0 unspecified atom stereocenters. The number of hydrogen-bond donors (Lipinski definition) is 2. The summed E-state index contributed by atoms with van der Waals surface area (Å²) in [6.07, 6.45) is 1.16. The second kappa shape index (κ2) is 7.48. The van der Waals surface area contributed by atoms with Crippen molar-refractivity contribution in [2.24, 2.45) is 5.41 Å². The Balaban J connectivity index is 1.72. The number of ether oxygens (including phenoxy) is 1. The molecule has 6 heteroatoms. The van der Waals surface area contributed by atoms with Crippen molar-refractivity contribution < 1.29 is 9.53 Å². The average molecular weight is 428 g/mol. The first kappa shape index (κ1) is 20.2. The largest absolute Gasteiger partial charge is 0.497 e. The van der Waals surface area contributed by atoms with Crippen LogP contribution in [-0.2, 0) is 4.79 Å². The van der Waals surface area contributed by atoms with E-state index in [1.807, 2.05) is 54.6 Å². The fourth-order valence-corrected chi connectivity index (χ4v) is 4.78. The molecule has 1 atom stereocenters. The molecule has 2 aromatic carbocycles. The molecule has 2 aliphatic rings. The second-order valence-electron chi connectivity index (χ2n) is 9.21. The van der Waals surface area contributed by atoms with Gasteiger partial charge in [0.2, 0.25) is 0 Å². The van der Waals surface area contributed by atoms with E-state index in [1.165, 1.54) is 0 Å². The van der Waals surface area contributed by atoms with Crippen molar-refractivity contribution in [1.29, 1.82) is 0 Å². The topological polar surface area (TPSA) is 84.1 Å². The van der Waals surface area contributed by atoms with Crippen molar-refractivity contribution in [3.8, 4) is 17.1 Å². The van der Waals surface area contributed by atoms with Gasteiger partial charge in [-0.25, -0.2) is 4.98 Å². The quantitative estimate of drug-likeness (QED) is 0.636. The van der Waals surface area contributed by atoms with Crippen LogP contribution in [0.4, 0.5) is 5.82 Å². The van der Waals surface area contributed by atoms with E-state index in [2.05, 4.69) is 24.1 Å². The zero-order chi connectivity index (χ0) is 22.5. The molecule has 162 valence electrons. The van der Waals surface area contributed by atoms with Gasteiger partial charge in [0.1, 0.15) is 17.4 Å². The number of H-pyrrole nitrogens is 1. The Morgan fingerprint density at radius 3 is 2.41 bits per heavy atom. The summed E-state index contributed by atoms with van der Waals surface area (Å²) in [4.78, 5) is 34.4. The third-order valence-electron chi connectivity index (χ3n) is 6.22. The summed E-state index contributed by atoms with van der Waals surface area (Å²) in [5, 5.41) is 3.36. The van der Waals surface area contributed by atoms with Crippen molar-refractivity contribution in [1.82, 2.24) is 9.97 Å². The molecule has 0 amide bonds. The molecule has 0 saturated carbocycles. The highest BCUT2D eigenvalue weighted by molar-refractivity contribution is 6.01. The van der Waals surface area contributed by atoms with Crippen LogP contribution in [-0.4, -0.2) is 22.9 Å². The second-order valence-corrected chi connectivity index (χ2v) is 9.21. The molecule has 0 bridgehead atoms. The van der Waals surface area contributed by atoms with E-state index in [1.54, 1.807) is 7.11 Å². The number of fused-ring (bicyclic) bond motifs is 1. The van der Waals surface area contributed by atoms with E-state index < -0.39 is 5.92 Å². The number of carbonyl (C=O) groups is 1. The van der Waals surface area contributed by atoms with Crippen molar-refractivity contribution in [3.63, 3.8) is 0 Å². The first-order valence-electron chi connectivity index (χ1n) is 10.7. The number of methoxy groups -OCH3 is 1. The number of benzene rings is 2. The fourth-order valence-electron chi connectivity index (χ4n) is 4.78. The molecule has 0 radical (unpaired) electrons. The Bertz CT molecular complexity index is 1290. The van der Waals surface area contributed by atoms with Gasteiger partial charge < -0.3 is 15.0 Å². The Morgan fingerprint density at radius 2 is 1.72 bits per heavy atom. The summed E-state index contributed by atoms with van der Waals surface area (Å²) in [5.41, 5.74) is 3.30. The number of ketones is 1. The van der Waals surface area contributed by atoms with Crippen LogP contribution in [0.3, 0.4) is 0 Å². The highest BCUT2D eigenvalue weighted by Gasteiger charge is 2.42. The maximum absolute atomic E-state index is 13.4. The van der Waals surface area contributed by atoms with Crippen LogP contribution in [0.2, 0.25) is 0 Å². The Kier molecular flexibility index (Phi) is 4.73. The van der Waals surface area contributed by atoms with Gasteiger partial charge in [0.05, 0.1) is 12.7 Å². The van der Waals surface area contributed by atoms with Crippen LogP contribution < -0.4 is 15.6 Å². The predicted octanol–water partition coefficient (Wildman–Crippen LogP) is 4.65. The molecule has 0 fully saturated rings. The third kappa shape index (κ3) is 3.42. The zero-order valence-corrected chi connectivity index (χ0v) is 18.4. The first-order valence-corrected chi connectivity index (χ1v) is 10.7. The van der Waals surface area contributed by atoms with Gasteiger partial charge in [0.25, 0.3) is 5.56 Å². The van der Waals surface area contributed by atoms with E-state index in [0.29, 0.717) is 29.2 Å². The van der Waals surface area contributed by atoms with Crippen LogP contribution in [0.1, 0.15) is 43.7 Å². The lowest BCUT2D eigenvalue weighted by Crippen LogP contribution is -2.37. The Morgan fingerprint density at radius 1 is 1.00 bits per heavy atom. The molecule has 5 rings (SSSR count). The number of aromatic amines is 1. The maximum atomic E-state index is 13.4. The number of Topliss-reactive ketones (excluding diaryl/α,β-unsaturated/α-hetero) is 1. The normalized spacial score (nSPS) is 19.1. The van der Waals surface area contributed by atoms with Crippen LogP contribution in [0.25, 0.3) is 11.4 Å². The third-order valence-corrected chi connectivity index (χ3v) is 6.22. The van der Waals surface area contributed by atoms with Gasteiger partial charge in [0, 0.05) is 29.2 Å². The standard InChI is InChI=1S/C26H25N3O3/c1-26(2)13-18-21(19(30)14-26)20(15-9-11-17(32-3)12-10-15)22-24(27-18)28-23(29-25(22)31)16-7-5-4-6-8-16/h4-12,20H,13-14H2,1-3H3,(H2,27,28,29,31)/t20-/m0/s1. The molecule has 1 aliphatic heterocycles. The number of nitrogens with one attached hydrogen (secondary N) is 2. The van der Waals surface area contributed by atoms with Crippen molar-refractivity contribution in [3.05, 3.63) is 87.3 Å². The van der Waals surface area contributed by atoms with Gasteiger partial charge in [-0.3, -0.25) is 9.59 Å². The van der Waals surface area contributed by atoms with Crippen molar-refractivity contribution >= 4 is 11.6 Å². The number of aromatic nitrogens is 2. The number of allylic oxidation sites excluding steroid dienone is 2. The highest BCUT2D eigenvalue weighted by Crippen LogP contribution is 2.47. The molecule has 0 saturated heterocycles. The number of nitrogens with zero attached hydrogens (tertiary/aromatic N) is 1. The Hall–Kier alpha value is -3.67. The summed E-state index contributed by atoms with van der Waals surface area (Å²) < 4.78 is 5.30. The van der Waals surface area contributed by atoms with Crippen molar-refractivity contribution in [2.45, 2.75) is 32.6 Å². The van der Waals surface area contributed by atoms with Gasteiger partial charge in [-0.15, -0.1) is 0 Å².